The number of nitrogens with one attached hydrogen (secondary N) is 2. The lowest BCUT2D eigenvalue weighted by Crippen LogP contribution is -2.67. The minimum absolute atomic E-state index is 0. The van der Waals surface area contributed by atoms with E-state index < -0.39 is 0 Å². The first kappa shape index (κ1) is 24.7. The van der Waals surface area contributed by atoms with Crippen LogP contribution in [0.5, 0.6) is 0 Å². The molecule has 1 unspecified atom stereocenters. The number of para-hydroxylation sites is 1. The molecule has 2 aliphatic rings. The number of carbonyl (C=O) groups excluding carboxylic acids is 1. The number of rotatable bonds is 4. The number of aromatic amines is 1. The molecule has 39 heavy (non-hydrogen) atoms. The van der Waals surface area contributed by atoms with Crippen LogP contribution in [0.2, 0.25) is 5.02 Å². The Morgan fingerprint density at radius 1 is 1.08 bits per heavy atom. The summed E-state index contributed by atoms with van der Waals surface area (Å²) in [6.07, 6.45) is 8.83. The van der Waals surface area contributed by atoms with E-state index in [1.54, 1.807) is 34.2 Å². The molecule has 2 atom stereocenters. The molecule has 2 N–H and O–H groups in total. The van der Waals surface area contributed by atoms with Gasteiger partial charge in [-0.25, -0.2) is 19.9 Å². The van der Waals surface area contributed by atoms with Crippen molar-refractivity contribution in [3.8, 4) is 17.2 Å². The van der Waals surface area contributed by atoms with Crippen molar-refractivity contribution in [2.75, 3.05) is 21.8 Å². The predicted octanol–water partition coefficient (Wildman–Crippen LogP) is 3.66. The van der Waals surface area contributed by atoms with Crippen molar-refractivity contribution in [2.24, 2.45) is 0 Å². The highest BCUT2D eigenvalue weighted by atomic mass is 35.5. The first-order valence-electron chi connectivity index (χ1n) is 12.0. The van der Waals surface area contributed by atoms with Crippen molar-refractivity contribution < 1.29 is 4.79 Å². The number of amides is 1. The van der Waals surface area contributed by atoms with E-state index in [9.17, 15) is 4.79 Å². The van der Waals surface area contributed by atoms with Crippen molar-refractivity contribution in [3.63, 3.8) is 0 Å². The van der Waals surface area contributed by atoms with Crippen molar-refractivity contribution in [3.05, 3.63) is 84.1 Å². The molecule has 1 fully saturated rings. The Bertz CT molecular complexity index is 1730. The average Bonchev–Trinajstić information content (AvgIpc) is 3.53. The molecule has 1 saturated heterocycles. The number of hydrogen-bond acceptors (Lipinski definition) is 8. The van der Waals surface area contributed by atoms with E-state index in [-0.39, 0.29) is 37.4 Å². The highest BCUT2D eigenvalue weighted by Gasteiger charge is 2.45. The van der Waals surface area contributed by atoms with Gasteiger partial charge in [-0.15, -0.1) is 0 Å². The topological polar surface area (TPSA) is 132 Å². The summed E-state index contributed by atoms with van der Waals surface area (Å²) < 4.78 is 1.71. The number of anilines is 2. The van der Waals surface area contributed by atoms with Gasteiger partial charge in [0.05, 0.1) is 16.5 Å². The second-order valence-corrected chi connectivity index (χ2v) is 9.45. The van der Waals surface area contributed by atoms with E-state index in [0.717, 1.165) is 41.0 Å². The molecule has 0 radical (unpaired) electrons. The van der Waals surface area contributed by atoms with Gasteiger partial charge in [0.1, 0.15) is 35.7 Å². The lowest BCUT2D eigenvalue weighted by molar-refractivity contribution is 0.0948. The van der Waals surface area contributed by atoms with Crippen molar-refractivity contribution >= 4 is 53.5 Å². The van der Waals surface area contributed by atoms with Crippen LogP contribution in [0.4, 0.5) is 11.5 Å². The molecule has 194 valence electrons. The predicted molar refractivity (Wildman–Crippen MR) is 152 cm³/mol. The minimum Gasteiger partial charge on any atom is -0.349 e. The van der Waals surface area contributed by atoms with E-state index in [1.807, 2.05) is 42.6 Å². The van der Waals surface area contributed by atoms with Crippen LogP contribution in [0.3, 0.4) is 0 Å². The second kappa shape index (κ2) is 9.61. The van der Waals surface area contributed by atoms with Crippen LogP contribution in [0.1, 0.15) is 22.7 Å². The highest BCUT2D eigenvalue weighted by Crippen LogP contribution is 2.39. The molecule has 0 saturated carbocycles. The minimum atomic E-state index is -0.389. The fraction of sp³-hybridized carbons (Fsp3) is 0.154. The van der Waals surface area contributed by atoms with E-state index in [4.69, 9.17) is 16.9 Å². The summed E-state index contributed by atoms with van der Waals surface area (Å²) in [5.74, 6) is 0.670. The fourth-order valence-corrected chi connectivity index (χ4v) is 5.43. The Balaban J connectivity index is 0.00000277. The lowest BCUT2D eigenvalue weighted by atomic mass is 9.96. The molecule has 11 nitrogen and oxygen atoms in total. The number of nitriles is 1. The maximum atomic E-state index is 13.8. The van der Waals surface area contributed by atoms with Crippen LogP contribution in [0, 0.1) is 11.3 Å². The zero-order valence-corrected chi connectivity index (χ0v) is 22.0. The molecule has 0 spiro atoms. The maximum Gasteiger partial charge on any atom is 0.280 e. The Labute approximate surface area is 234 Å². The van der Waals surface area contributed by atoms with E-state index >= 15 is 0 Å². The molecule has 13 heteroatoms. The van der Waals surface area contributed by atoms with Crippen LogP contribution in [-0.4, -0.2) is 54.3 Å². The van der Waals surface area contributed by atoms with Gasteiger partial charge < -0.3 is 15.3 Å². The monoisotopic (exact) mass is 556 g/mol. The van der Waals surface area contributed by atoms with Gasteiger partial charge in [0, 0.05) is 48.1 Å². The average molecular weight is 557 g/mol. The molecule has 4 aromatic heterocycles. The molecule has 1 aromatic carbocycles. The molecule has 7 rings (SSSR count). The molecule has 2 aliphatic heterocycles. The summed E-state index contributed by atoms with van der Waals surface area (Å²) in [6.45, 7) is 0.750. The van der Waals surface area contributed by atoms with Crippen molar-refractivity contribution in [1.82, 2.24) is 29.6 Å². The number of nitrogens with zero attached hydrogens (tertiary/aromatic N) is 8. The van der Waals surface area contributed by atoms with Crippen molar-refractivity contribution in [1.29, 1.82) is 5.26 Å². The zero-order valence-electron chi connectivity index (χ0n) is 20.3. The molecular formula is C26H21ClN10OS. The quantitative estimate of drug-likeness (QED) is 0.343. The van der Waals surface area contributed by atoms with Crippen LogP contribution in [-0.2, 0) is 0 Å². The molecule has 6 heterocycles. The van der Waals surface area contributed by atoms with E-state index in [2.05, 4.69) is 35.2 Å². The van der Waals surface area contributed by atoms with Crippen LogP contribution >= 0.6 is 25.1 Å². The summed E-state index contributed by atoms with van der Waals surface area (Å²) >= 11 is 6.39. The number of benzene rings is 1. The second-order valence-electron chi connectivity index (χ2n) is 9.05. The Morgan fingerprint density at radius 3 is 2.59 bits per heavy atom. The maximum absolute atomic E-state index is 13.8. The van der Waals surface area contributed by atoms with Gasteiger partial charge >= 0.3 is 0 Å². The van der Waals surface area contributed by atoms with Gasteiger partial charge in [-0.1, -0.05) is 29.8 Å². The van der Waals surface area contributed by atoms with Crippen molar-refractivity contribution in [2.45, 2.75) is 18.6 Å². The van der Waals surface area contributed by atoms with Gasteiger partial charge in [-0.05, 0) is 24.6 Å². The molecule has 5 aromatic rings. The standard InChI is InChI=1S/C26H19ClN10O.H2S/c27-18-6-9-36-22(18)26(38)37(16-4-2-1-3-5-16)24(34-36)19-7-8-35(19)25-21-17(13-31-23(21)32-14-33-25)15-11-29-20(10-28)30-12-15;/h1-6,9,11-14,19,24,34H,7-8H2,(H,31,32,33);1H2/t19-,24?;/m0./s1. The largest absolute Gasteiger partial charge is 0.349 e. The van der Waals surface area contributed by atoms with Gasteiger partial charge in [0.15, 0.2) is 0 Å². The lowest BCUT2D eigenvalue weighted by Gasteiger charge is -2.51. The van der Waals surface area contributed by atoms with Gasteiger partial charge in [0.2, 0.25) is 5.82 Å². The Kier molecular flexibility index (Phi) is 6.09. The SMILES string of the molecule is N#Cc1ncc(-c2c[nH]c3ncnc(N4CC[C@H]4C4Nn5ccc(Cl)c5C(=O)N4c4ccccc4)c23)cn1.S. The highest BCUT2D eigenvalue weighted by molar-refractivity contribution is 7.59. The third-order valence-corrected chi connectivity index (χ3v) is 7.36. The third kappa shape index (κ3) is 3.86. The zero-order chi connectivity index (χ0) is 25.8. The van der Waals surface area contributed by atoms with E-state index in [1.165, 1.54) is 6.33 Å². The summed E-state index contributed by atoms with van der Waals surface area (Å²) in [6, 6.07) is 13.1. The number of hydrogen-bond donors (Lipinski definition) is 2. The van der Waals surface area contributed by atoms with Crippen LogP contribution in [0.25, 0.3) is 22.2 Å². The number of aromatic nitrogens is 6. The first-order valence-corrected chi connectivity index (χ1v) is 12.3. The number of H-pyrrole nitrogens is 1. The van der Waals surface area contributed by atoms with E-state index in [0.29, 0.717) is 16.4 Å². The number of carbonyl (C=O) groups is 1. The third-order valence-electron chi connectivity index (χ3n) is 7.06. The summed E-state index contributed by atoms with van der Waals surface area (Å²) in [7, 11) is 0. The van der Waals surface area contributed by atoms with Gasteiger partial charge in [-0.2, -0.15) is 18.8 Å². The smallest absolute Gasteiger partial charge is 0.280 e. The number of halogens is 1. The summed E-state index contributed by atoms with van der Waals surface area (Å²) in [5, 5.41) is 10.3. The normalized spacial score (nSPS) is 18.1. The fourth-order valence-electron chi connectivity index (χ4n) is 5.20. The molecule has 0 aliphatic carbocycles. The number of fused-ring (bicyclic) bond motifs is 2. The van der Waals surface area contributed by atoms with Crippen LogP contribution in [0.15, 0.2) is 67.5 Å². The van der Waals surface area contributed by atoms with Crippen LogP contribution < -0.4 is 15.2 Å². The molecular weight excluding hydrogens is 536 g/mol. The molecule has 1 amide bonds. The van der Waals surface area contributed by atoms with Gasteiger partial charge in [-0.3, -0.25) is 14.4 Å². The first-order chi connectivity index (χ1) is 18.6. The Morgan fingerprint density at radius 2 is 1.87 bits per heavy atom. The summed E-state index contributed by atoms with van der Waals surface area (Å²) in [4.78, 5) is 38.3. The summed E-state index contributed by atoms with van der Waals surface area (Å²) in [5.41, 5.74) is 6.91. The Hall–Kier alpha value is -4.60. The molecule has 0 bridgehead atoms. The van der Waals surface area contributed by atoms with Gasteiger partial charge in [0.25, 0.3) is 5.91 Å².